The van der Waals surface area contributed by atoms with Gasteiger partial charge >= 0.3 is 29.8 Å². The molecule has 14 N–H and O–H groups in total. The average molecular weight is 925 g/mol. The Kier molecular flexibility index (Phi) is 12.7. The van der Waals surface area contributed by atoms with Crippen LogP contribution in [-0.4, -0.2) is 139 Å². The molecule has 5 aromatic carbocycles. The number of hydrogen-bond donors (Lipinski definition) is 14. The van der Waals surface area contributed by atoms with Gasteiger partial charge in [-0.2, -0.15) is 0 Å². The van der Waals surface area contributed by atoms with Crippen molar-refractivity contribution in [1.82, 2.24) is 0 Å². The summed E-state index contributed by atoms with van der Waals surface area (Å²) in [7, 11) is 0. The first-order valence-corrected chi connectivity index (χ1v) is 18.2. The van der Waals surface area contributed by atoms with Crippen molar-refractivity contribution in [2.75, 3.05) is 6.61 Å². The molecule has 0 spiro atoms. The first kappa shape index (κ1) is 46.1. The van der Waals surface area contributed by atoms with E-state index in [4.69, 9.17) is 28.4 Å². The quantitative estimate of drug-likeness (QED) is 0.0511. The van der Waals surface area contributed by atoms with Gasteiger partial charge in [0.05, 0.1) is 27.8 Å². The zero-order chi connectivity index (χ0) is 48.5. The fourth-order valence-corrected chi connectivity index (χ4v) is 6.04. The molecule has 1 fully saturated rings. The minimum atomic E-state index is -2.52. The Hall–Kier alpha value is -9.39. The third kappa shape index (κ3) is 9.49. The van der Waals surface area contributed by atoms with Crippen molar-refractivity contribution in [3.05, 3.63) is 94.5 Å². The second-order valence-electron chi connectivity index (χ2n) is 13.8. The van der Waals surface area contributed by atoms with E-state index in [1.165, 1.54) is 0 Å². The van der Waals surface area contributed by atoms with Crippen LogP contribution in [0.25, 0.3) is 0 Å². The smallest absolute Gasteiger partial charge is 0.340 e. The normalized spacial score (nSPS) is 17.8. The predicted molar refractivity (Wildman–Crippen MR) is 207 cm³/mol. The van der Waals surface area contributed by atoms with Crippen LogP contribution >= 0.6 is 0 Å². The molecule has 1 heterocycles. The molecular formula is C41H32O25. The Morgan fingerprint density at radius 2 is 0.682 bits per heavy atom. The van der Waals surface area contributed by atoms with Gasteiger partial charge in [0.2, 0.25) is 12.4 Å². The molecule has 0 saturated carbocycles. The van der Waals surface area contributed by atoms with Gasteiger partial charge in [0.1, 0.15) is 12.7 Å². The molecule has 5 atom stereocenters. The largest absolute Gasteiger partial charge is 0.504 e. The minimum absolute atomic E-state index is 0.429. The number of ether oxygens (including phenoxy) is 6. The molecule has 0 amide bonds. The van der Waals surface area contributed by atoms with E-state index in [0.717, 1.165) is 18.2 Å². The Bertz CT molecular complexity index is 2690. The van der Waals surface area contributed by atoms with Crippen LogP contribution in [0.1, 0.15) is 51.8 Å². The lowest BCUT2D eigenvalue weighted by Gasteiger charge is -2.43. The maximum Gasteiger partial charge on any atom is 0.340 e. The Morgan fingerprint density at radius 3 is 1.05 bits per heavy atom. The summed E-state index contributed by atoms with van der Waals surface area (Å²) in [6.45, 7) is -1.17. The molecule has 6 rings (SSSR count). The number of rotatable bonds is 11. The van der Waals surface area contributed by atoms with Crippen LogP contribution in [0.4, 0.5) is 0 Å². The third-order valence-electron chi connectivity index (χ3n) is 9.36. The molecule has 5 aromatic rings. The zero-order valence-corrected chi connectivity index (χ0v) is 32.7. The van der Waals surface area contributed by atoms with Crippen LogP contribution < -0.4 is 0 Å². The number of carbonyl (C=O) groups is 5. The van der Waals surface area contributed by atoms with Crippen LogP contribution in [0, 0.1) is 0 Å². The molecule has 1 aliphatic heterocycles. The number of hydrogen-bond acceptors (Lipinski definition) is 25. The van der Waals surface area contributed by atoms with E-state index in [1.807, 2.05) is 0 Å². The van der Waals surface area contributed by atoms with Gasteiger partial charge in [-0.05, 0) is 66.7 Å². The van der Waals surface area contributed by atoms with Crippen LogP contribution in [0.3, 0.4) is 0 Å². The van der Waals surface area contributed by atoms with Crippen molar-refractivity contribution in [3.8, 4) is 80.5 Å². The zero-order valence-electron chi connectivity index (χ0n) is 32.7. The van der Waals surface area contributed by atoms with Crippen molar-refractivity contribution in [2.45, 2.75) is 30.7 Å². The molecule has 25 heteroatoms. The van der Waals surface area contributed by atoms with Crippen molar-refractivity contribution in [2.24, 2.45) is 0 Å². The summed E-state index contributed by atoms with van der Waals surface area (Å²) in [4.78, 5) is 68.4. The van der Waals surface area contributed by atoms with Crippen molar-refractivity contribution in [1.29, 1.82) is 0 Å². The number of aromatic hydroxyl groups is 14. The predicted octanol–water partition coefficient (Wildman–Crippen LogP) is 1.98. The lowest BCUT2D eigenvalue weighted by Crippen LogP contribution is -2.63. The second kappa shape index (κ2) is 18.1. The van der Waals surface area contributed by atoms with Crippen LogP contribution in [0.2, 0.25) is 0 Å². The monoisotopic (exact) mass is 924 g/mol. The molecule has 346 valence electrons. The highest BCUT2D eigenvalue weighted by Gasteiger charge is 2.55. The summed E-state index contributed by atoms with van der Waals surface area (Å²) in [6, 6.07) is 7.14. The molecular weight excluding hydrogens is 892 g/mol. The molecule has 66 heavy (non-hydrogen) atoms. The highest BCUT2D eigenvalue weighted by atomic mass is 16.7. The standard InChI is InChI=1S/C41H32O25/c42-18-2-1-13(3-19(18)43)36(56)61-12-28-33(63-37(57)14-4-20(44)29(52)21(45)5-14)34(64-38(58)15-6-22(46)30(53)23(47)7-15)35(65-39(59)16-8-24(48)31(54)25(49)9-16)41(62-28)66-40(60)17-10-26(50)32(55)27(51)11-17/h1-11,28,33-35,41-55H,12H2. The fraction of sp³-hybridized carbons (Fsp3) is 0.146. The van der Waals surface area contributed by atoms with Gasteiger partial charge in [-0.1, -0.05) is 0 Å². The Balaban J connectivity index is 1.52. The SMILES string of the molecule is O=C(OCC1OC(OC(=O)c2cc(O)c(O)c(O)c2)C(OC(=O)c2cc(O)c(O)c(O)c2)C(OC(=O)c2cc(O)c(O)c(O)c2)C1OC(=O)c1cc(O)c(O)c(O)c1)c1ccc(O)c(O)c1. The summed E-state index contributed by atoms with van der Waals surface area (Å²) in [5.41, 5.74) is -3.55. The van der Waals surface area contributed by atoms with E-state index in [-0.39, 0.29) is 0 Å². The average Bonchev–Trinajstić information content (AvgIpc) is 3.26. The summed E-state index contributed by atoms with van der Waals surface area (Å²) < 4.78 is 33.4. The number of phenolic OH excluding ortho intramolecular Hbond substituents is 14. The molecule has 1 aliphatic rings. The van der Waals surface area contributed by atoms with Gasteiger partial charge in [-0.15, -0.1) is 0 Å². The van der Waals surface area contributed by atoms with Gasteiger partial charge < -0.3 is 99.9 Å². The topological polar surface area (TPSA) is 424 Å². The second-order valence-corrected chi connectivity index (χ2v) is 13.8. The van der Waals surface area contributed by atoms with E-state index in [9.17, 15) is 95.5 Å². The summed E-state index contributed by atoms with van der Waals surface area (Å²) in [6.07, 6.45) is -12.0. The van der Waals surface area contributed by atoms with Gasteiger partial charge in [0, 0.05) is 0 Å². The maximum absolute atomic E-state index is 13.9. The van der Waals surface area contributed by atoms with Crippen molar-refractivity contribution in [3.63, 3.8) is 0 Å². The summed E-state index contributed by atoms with van der Waals surface area (Å²) in [5.74, 6) is -22.3. The molecule has 0 radical (unpaired) electrons. The van der Waals surface area contributed by atoms with Crippen molar-refractivity contribution >= 4 is 29.8 Å². The lowest BCUT2D eigenvalue weighted by atomic mass is 9.97. The summed E-state index contributed by atoms with van der Waals surface area (Å²) >= 11 is 0. The number of phenols is 14. The first-order valence-electron chi connectivity index (χ1n) is 18.2. The molecule has 0 bridgehead atoms. The molecule has 25 nitrogen and oxygen atoms in total. The lowest BCUT2D eigenvalue weighted by molar-refractivity contribution is -0.282. The van der Waals surface area contributed by atoms with Crippen LogP contribution in [-0.2, 0) is 28.4 Å². The summed E-state index contributed by atoms with van der Waals surface area (Å²) in [5, 5.41) is 140. The Morgan fingerprint density at radius 1 is 0.364 bits per heavy atom. The van der Waals surface area contributed by atoms with Gasteiger partial charge in [0.25, 0.3) is 0 Å². The Labute approximate surface area is 365 Å². The van der Waals surface area contributed by atoms with Crippen LogP contribution in [0.15, 0.2) is 66.7 Å². The maximum atomic E-state index is 13.9. The van der Waals surface area contributed by atoms with E-state index in [2.05, 4.69) is 0 Å². The number of benzene rings is 5. The highest BCUT2D eigenvalue weighted by molar-refractivity contribution is 5.94. The number of esters is 5. The van der Waals surface area contributed by atoms with E-state index in [1.54, 1.807) is 0 Å². The highest BCUT2D eigenvalue weighted by Crippen LogP contribution is 2.41. The molecule has 0 aliphatic carbocycles. The first-order chi connectivity index (χ1) is 31.0. The van der Waals surface area contributed by atoms with E-state index in [0.29, 0.717) is 48.5 Å². The van der Waals surface area contributed by atoms with Gasteiger partial charge in [-0.3, -0.25) is 0 Å². The van der Waals surface area contributed by atoms with Gasteiger partial charge in [0.15, 0.2) is 92.7 Å². The van der Waals surface area contributed by atoms with E-state index < -0.39 is 175 Å². The van der Waals surface area contributed by atoms with Crippen molar-refractivity contribution < 1.29 is 124 Å². The van der Waals surface area contributed by atoms with Gasteiger partial charge in [-0.25, -0.2) is 24.0 Å². The van der Waals surface area contributed by atoms with Crippen LogP contribution in [0.5, 0.6) is 80.5 Å². The molecule has 1 saturated heterocycles. The molecule has 5 unspecified atom stereocenters. The minimum Gasteiger partial charge on any atom is -0.504 e. The number of carbonyl (C=O) groups excluding carboxylic acids is 5. The van der Waals surface area contributed by atoms with E-state index >= 15 is 0 Å². The third-order valence-corrected chi connectivity index (χ3v) is 9.36. The molecule has 0 aromatic heterocycles. The fourth-order valence-electron chi connectivity index (χ4n) is 6.04.